The number of aromatic amines is 1. The van der Waals surface area contributed by atoms with Crippen molar-refractivity contribution in [3.05, 3.63) is 60.0 Å². The predicted octanol–water partition coefficient (Wildman–Crippen LogP) is 5.20. The Hall–Kier alpha value is -3.23. The van der Waals surface area contributed by atoms with Crippen molar-refractivity contribution in [2.45, 2.75) is 32.2 Å². The third-order valence-corrected chi connectivity index (χ3v) is 6.11. The fraction of sp³-hybridized carbons (Fsp3) is 0.292. The molecule has 1 aliphatic rings. The summed E-state index contributed by atoms with van der Waals surface area (Å²) in [6, 6.07) is 15.4. The molecule has 0 amide bonds. The summed E-state index contributed by atoms with van der Waals surface area (Å²) in [4.78, 5) is 14.6. The van der Waals surface area contributed by atoms with Crippen LogP contribution in [0.2, 0.25) is 0 Å². The molecule has 1 aromatic carbocycles. The number of aromatic nitrogens is 3. The van der Waals surface area contributed by atoms with Gasteiger partial charge in [0, 0.05) is 28.6 Å². The highest BCUT2D eigenvalue weighted by Crippen LogP contribution is 2.30. The van der Waals surface area contributed by atoms with Crippen molar-refractivity contribution in [2.75, 3.05) is 13.1 Å². The van der Waals surface area contributed by atoms with E-state index in [1.165, 1.54) is 37.9 Å². The van der Waals surface area contributed by atoms with E-state index in [2.05, 4.69) is 63.2 Å². The summed E-state index contributed by atoms with van der Waals surface area (Å²) in [6.07, 6.45) is 7.58. The predicted molar refractivity (Wildman–Crippen MR) is 115 cm³/mol. The average Bonchev–Trinajstić information content (AvgIpc) is 3.16. The molecular weight excluding hydrogens is 358 g/mol. The first kappa shape index (κ1) is 17.8. The normalized spacial score (nSPS) is 16.1. The highest BCUT2D eigenvalue weighted by Gasteiger charge is 2.18. The van der Waals surface area contributed by atoms with Gasteiger partial charge < -0.3 is 4.98 Å². The zero-order chi connectivity index (χ0) is 19.8. The van der Waals surface area contributed by atoms with E-state index in [4.69, 9.17) is 5.26 Å². The Morgan fingerprint density at radius 1 is 0.966 bits per heavy atom. The summed E-state index contributed by atoms with van der Waals surface area (Å²) < 4.78 is 0. The second-order valence-electron chi connectivity index (χ2n) is 7.87. The van der Waals surface area contributed by atoms with Gasteiger partial charge in [-0.1, -0.05) is 30.7 Å². The Kier molecular flexibility index (Phi) is 4.49. The number of nitrogens with one attached hydrogen (secondary N) is 1. The molecule has 1 unspecified atom stereocenters. The van der Waals surface area contributed by atoms with Crippen LogP contribution in [-0.4, -0.2) is 32.9 Å². The molecule has 5 nitrogen and oxygen atoms in total. The summed E-state index contributed by atoms with van der Waals surface area (Å²) in [6.45, 7) is 4.70. The van der Waals surface area contributed by atoms with Crippen molar-refractivity contribution in [3.63, 3.8) is 0 Å². The van der Waals surface area contributed by atoms with Gasteiger partial charge in [-0.15, -0.1) is 0 Å². The third-order valence-electron chi connectivity index (χ3n) is 6.11. The molecule has 1 aliphatic heterocycles. The highest BCUT2D eigenvalue weighted by molar-refractivity contribution is 6.06. The zero-order valence-electron chi connectivity index (χ0n) is 16.5. The van der Waals surface area contributed by atoms with Crippen LogP contribution >= 0.6 is 0 Å². The lowest BCUT2D eigenvalue weighted by Gasteiger charge is -2.32. The molecular formula is C24H23N5. The SMILES string of the molecule is CC(c1ccc(-c2cnc3[nH]c4cnc(C#N)cc4c3c2)cc1)N1CCCCC1. The van der Waals surface area contributed by atoms with Crippen molar-refractivity contribution in [2.24, 2.45) is 0 Å². The van der Waals surface area contributed by atoms with Crippen LogP contribution in [0.5, 0.6) is 0 Å². The second-order valence-corrected chi connectivity index (χ2v) is 7.87. The lowest BCUT2D eigenvalue weighted by atomic mass is 9.99. The highest BCUT2D eigenvalue weighted by atomic mass is 15.2. The van der Waals surface area contributed by atoms with E-state index in [1.54, 1.807) is 6.20 Å². The van der Waals surface area contributed by atoms with E-state index in [9.17, 15) is 0 Å². The first-order valence-corrected chi connectivity index (χ1v) is 10.2. The Morgan fingerprint density at radius 2 is 1.76 bits per heavy atom. The van der Waals surface area contributed by atoms with Crippen molar-refractivity contribution in [1.29, 1.82) is 5.26 Å². The van der Waals surface area contributed by atoms with Crippen LogP contribution in [0.4, 0.5) is 0 Å². The first-order chi connectivity index (χ1) is 14.2. The molecule has 5 heteroatoms. The summed E-state index contributed by atoms with van der Waals surface area (Å²) in [5.74, 6) is 0. The molecule has 4 aromatic rings. The molecule has 0 aliphatic carbocycles. The molecule has 0 radical (unpaired) electrons. The maximum absolute atomic E-state index is 9.16. The van der Waals surface area contributed by atoms with Crippen molar-refractivity contribution in [1.82, 2.24) is 19.9 Å². The molecule has 5 rings (SSSR count). The number of rotatable bonds is 3. The number of pyridine rings is 2. The van der Waals surface area contributed by atoms with Gasteiger partial charge >= 0.3 is 0 Å². The lowest BCUT2D eigenvalue weighted by molar-refractivity contribution is 0.175. The molecule has 1 saturated heterocycles. The monoisotopic (exact) mass is 381 g/mol. The number of benzene rings is 1. The number of hydrogen-bond acceptors (Lipinski definition) is 4. The number of piperidine rings is 1. The standard InChI is InChI=1S/C24H23N5/c1-16(29-9-3-2-4-10-29)17-5-7-18(8-6-17)19-11-22-21-12-20(13-25)26-15-23(21)28-24(22)27-14-19/h5-8,11-12,14-16H,2-4,9-10H2,1H3,(H,27,28). The minimum absolute atomic E-state index is 0.417. The van der Waals surface area contributed by atoms with Gasteiger partial charge in [0.05, 0.1) is 11.7 Å². The number of H-pyrrole nitrogens is 1. The topological polar surface area (TPSA) is 68.6 Å². The van der Waals surface area contributed by atoms with Crippen molar-refractivity contribution < 1.29 is 0 Å². The Bertz CT molecular complexity index is 1210. The van der Waals surface area contributed by atoms with E-state index in [0.29, 0.717) is 11.7 Å². The van der Waals surface area contributed by atoms with Gasteiger partial charge in [-0.25, -0.2) is 9.97 Å². The van der Waals surface area contributed by atoms with E-state index < -0.39 is 0 Å². The molecule has 144 valence electrons. The Morgan fingerprint density at radius 3 is 2.52 bits per heavy atom. The number of nitrogens with zero attached hydrogens (tertiary/aromatic N) is 4. The van der Waals surface area contributed by atoms with Gasteiger partial charge in [0.15, 0.2) is 0 Å². The van der Waals surface area contributed by atoms with Crippen LogP contribution in [0, 0.1) is 11.3 Å². The van der Waals surface area contributed by atoms with Gasteiger partial charge in [-0.05, 0) is 56.1 Å². The summed E-state index contributed by atoms with van der Waals surface area (Å²) in [5, 5.41) is 11.2. The number of fused-ring (bicyclic) bond motifs is 3. The average molecular weight is 381 g/mol. The van der Waals surface area contributed by atoms with Crippen LogP contribution in [0.3, 0.4) is 0 Å². The molecule has 1 fully saturated rings. The fourth-order valence-corrected chi connectivity index (χ4v) is 4.36. The fourth-order valence-electron chi connectivity index (χ4n) is 4.36. The lowest BCUT2D eigenvalue weighted by Crippen LogP contribution is -2.32. The smallest absolute Gasteiger partial charge is 0.141 e. The molecule has 4 heterocycles. The third kappa shape index (κ3) is 3.26. The molecule has 29 heavy (non-hydrogen) atoms. The van der Waals surface area contributed by atoms with E-state index in [1.807, 2.05) is 12.3 Å². The van der Waals surface area contributed by atoms with Gasteiger partial charge in [0.25, 0.3) is 0 Å². The summed E-state index contributed by atoms with van der Waals surface area (Å²) in [5.41, 5.74) is 5.72. The second kappa shape index (κ2) is 7.31. The molecule has 1 N–H and O–H groups in total. The maximum atomic E-state index is 9.16. The van der Waals surface area contributed by atoms with Gasteiger partial charge in [-0.3, -0.25) is 4.90 Å². The molecule has 0 spiro atoms. The minimum atomic E-state index is 0.417. The number of hydrogen-bond donors (Lipinski definition) is 1. The van der Waals surface area contributed by atoms with E-state index in [-0.39, 0.29) is 0 Å². The van der Waals surface area contributed by atoms with Crippen LogP contribution in [0.15, 0.2) is 48.8 Å². The van der Waals surface area contributed by atoms with Crippen molar-refractivity contribution >= 4 is 21.9 Å². The van der Waals surface area contributed by atoms with Gasteiger partial charge in [0.2, 0.25) is 0 Å². The van der Waals surface area contributed by atoms with Crippen LogP contribution in [0.25, 0.3) is 33.1 Å². The number of likely N-dealkylation sites (tertiary alicyclic amines) is 1. The van der Waals surface area contributed by atoms with E-state index in [0.717, 1.165) is 33.1 Å². The van der Waals surface area contributed by atoms with Crippen LogP contribution in [-0.2, 0) is 0 Å². The summed E-state index contributed by atoms with van der Waals surface area (Å²) >= 11 is 0. The number of nitriles is 1. The molecule has 3 aromatic heterocycles. The largest absolute Gasteiger partial charge is 0.338 e. The van der Waals surface area contributed by atoms with E-state index >= 15 is 0 Å². The van der Waals surface area contributed by atoms with Gasteiger partial charge in [0.1, 0.15) is 17.4 Å². The Labute approximate surface area is 170 Å². The van der Waals surface area contributed by atoms with Crippen molar-refractivity contribution in [3.8, 4) is 17.2 Å². The zero-order valence-corrected chi connectivity index (χ0v) is 16.5. The maximum Gasteiger partial charge on any atom is 0.141 e. The molecule has 1 atom stereocenters. The van der Waals surface area contributed by atoms with Crippen LogP contribution < -0.4 is 0 Å². The van der Waals surface area contributed by atoms with Crippen LogP contribution in [0.1, 0.15) is 43.5 Å². The minimum Gasteiger partial charge on any atom is -0.338 e. The molecule has 0 saturated carbocycles. The van der Waals surface area contributed by atoms with Gasteiger partial charge in [-0.2, -0.15) is 5.26 Å². The Balaban J connectivity index is 1.48. The molecule has 0 bridgehead atoms. The quantitative estimate of drug-likeness (QED) is 0.530. The first-order valence-electron chi connectivity index (χ1n) is 10.2. The summed E-state index contributed by atoms with van der Waals surface area (Å²) in [7, 11) is 0.